The molecule has 0 rings (SSSR count). The third-order valence-electron chi connectivity index (χ3n) is 12.7. The number of carbonyl (C=O) groups excluding carboxylic acids is 3. The fourth-order valence-corrected chi connectivity index (χ4v) is 8.07. The van der Waals surface area contributed by atoms with Gasteiger partial charge in [-0.1, -0.05) is 281 Å². The summed E-state index contributed by atoms with van der Waals surface area (Å²) in [6.45, 7) is 6.31. The summed E-state index contributed by atoms with van der Waals surface area (Å²) >= 11 is 0. The van der Waals surface area contributed by atoms with E-state index in [0.29, 0.717) is 19.3 Å². The minimum atomic E-state index is -0.828. The highest BCUT2D eigenvalue weighted by Crippen LogP contribution is 2.14. The number of carbonyl (C=O) groups is 3. The van der Waals surface area contributed by atoms with E-state index in [1.165, 1.54) is 70.6 Å². The van der Waals surface area contributed by atoms with Crippen molar-refractivity contribution in [3.8, 4) is 0 Å². The Kier molecular flexibility index (Phi) is 61.0. The van der Waals surface area contributed by atoms with Crippen LogP contribution in [0.15, 0.2) is 170 Å². The third-order valence-corrected chi connectivity index (χ3v) is 12.7. The van der Waals surface area contributed by atoms with Gasteiger partial charge in [0.1, 0.15) is 13.2 Å². The first-order chi connectivity index (χ1) is 39.0. The second-order valence-electron chi connectivity index (χ2n) is 20.2. The lowest BCUT2D eigenvalue weighted by atomic mass is 10.1. The minimum absolute atomic E-state index is 0.116. The van der Waals surface area contributed by atoms with E-state index in [1.54, 1.807) is 0 Å². The fourth-order valence-electron chi connectivity index (χ4n) is 8.07. The number of unbranched alkanes of at least 4 members (excludes halogenated alkanes) is 16. The molecule has 0 aromatic rings. The molecule has 0 aliphatic carbocycles. The summed E-state index contributed by atoms with van der Waals surface area (Å²) < 4.78 is 16.8. The van der Waals surface area contributed by atoms with Gasteiger partial charge in [-0.05, 0) is 122 Å². The summed E-state index contributed by atoms with van der Waals surface area (Å²) in [7, 11) is 0. The summed E-state index contributed by atoms with van der Waals surface area (Å²) in [6.07, 6.45) is 96.7. The molecule has 0 fully saturated rings. The largest absolute Gasteiger partial charge is 0.462 e. The van der Waals surface area contributed by atoms with Crippen LogP contribution in [0.4, 0.5) is 0 Å². The van der Waals surface area contributed by atoms with Crippen molar-refractivity contribution in [2.75, 3.05) is 13.2 Å². The van der Waals surface area contributed by atoms with E-state index in [-0.39, 0.29) is 31.6 Å². The van der Waals surface area contributed by atoms with Gasteiger partial charge in [-0.2, -0.15) is 0 Å². The van der Waals surface area contributed by atoms with Crippen molar-refractivity contribution < 1.29 is 28.6 Å². The first-order valence-corrected chi connectivity index (χ1v) is 31.6. The van der Waals surface area contributed by atoms with Crippen LogP contribution in [0.2, 0.25) is 0 Å². The van der Waals surface area contributed by atoms with Crippen LogP contribution in [0, 0.1) is 0 Å². The van der Waals surface area contributed by atoms with Crippen LogP contribution in [-0.2, 0) is 28.6 Å². The van der Waals surface area contributed by atoms with Gasteiger partial charge in [0, 0.05) is 19.3 Å². The van der Waals surface area contributed by atoms with Gasteiger partial charge in [0.15, 0.2) is 6.10 Å². The average molecular weight is 1090 g/mol. The minimum Gasteiger partial charge on any atom is -0.462 e. The lowest BCUT2D eigenvalue weighted by Gasteiger charge is -2.18. The van der Waals surface area contributed by atoms with Gasteiger partial charge < -0.3 is 14.2 Å². The fraction of sp³-hybridized carbons (Fsp3) is 0.575. The first-order valence-electron chi connectivity index (χ1n) is 31.6. The van der Waals surface area contributed by atoms with Gasteiger partial charge in [0.2, 0.25) is 0 Å². The van der Waals surface area contributed by atoms with E-state index < -0.39 is 12.1 Å². The molecule has 0 aliphatic rings. The Hall–Kier alpha value is -5.23. The predicted molar refractivity (Wildman–Crippen MR) is 343 cm³/mol. The second-order valence-corrected chi connectivity index (χ2v) is 20.2. The Morgan fingerprint density at radius 3 is 0.823 bits per heavy atom. The molecule has 6 heteroatoms. The molecular weight excluding hydrogens is 973 g/mol. The van der Waals surface area contributed by atoms with Crippen LogP contribution in [-0.4, -0.2) is 37.2 Å². The number of hydrogen-bond acceptors (Lipinski definition) is 6. The molecule has 0 heterocycles. The van der Waals surface area contributed by atoms with Crippen molar-refractivity contribution >= 4 is 17.9 Å². The zero-order valence-corrected chi connectivity index (χ0v) is 50.6. The number of hydrogen-bond donors (Lipinski definition) is 0. The molecule has 0 saturated carbocycles. The molecule has 0 aliphatic heterocycles. The number of esters is 3. The van der Waals surface area contributed by atoms with E-state index in [4.69, 9.17) is 14.2 Å². The van der Waals surface area contributed by atoms with E-state index in [2.05, 4.69) is 179 Å². The van der Waals surface area contributed by atoms with Gasteiger partial charge >= 0.3 is 17.9 Å². The molecule has 0 N–H and O–H groups in total. The van der Waals surface area contributed by atoms with Crippen LogP contribution in [0.3, 0.4) is 0 Å². The Bertz CT molecular complexity index is 1820. The maximum absolute atomic E-state index is 12.8. The van der Waals surface area contributed by atoms with Crippen LogP contribution in [0.1, 0.15) is 252 Å². The standard InChI is InChI=1S/C73H114O6/c1-4-7-10-13-16-19-21-23-25-27-29-30-31-32-33-34-35-36-37-38-39-40-41-42-44-45-47-49-51-54-57-60-63-66-72(75)78-69-70(68-77-71(74)65-62-59-56-53-18-15-12-9-6-3)79-73(76)67-64-61-58-55-52-50-48-46-43-28-26-24-22-20-17-14-11-8-5-2/h7-8,10-11,16-17,19-20,23-26,29-30,32-33,35-36,38-39,41-43,46,50,52,58,61,70H,4-6,9,12-15,18,21-22,27-28,31,34,37,40,44-45,47-49,51,53-57,59-60,62-69H2,1-3H3/b10-7-,11-8-,19-16-,20-17-,25-23-,26-24-,30-29-,33-32-,36-35-,39-38-,42-41-,46-43-,52-50-,61-58-. The maximum atomic E-state index is 12.8. The Morgan fingerprint density at radius 2 is 0.519 bits per heavy atom. The summed E-state index contributed by atoms with van der Waals surface area (Å²) in [5.74, 6) is -1.02. The number of allylic oxidation sites excluding steroid dienone is 28. The van der Waals surface area contributed by atoms with E-state index in [9.17, 15) is 14.4 Å². The molecule has 0 aromatic heterocycles. The van der Waals surface area contributed by atoms with E-state index in [1.807, 2.05) is 12.2 Å². The highest BCUT2D eigenvalue weighted by atomic mass is 16.6. The Labute approximate surface area is 485 Å². The molecule has 442 valence electrons. The quantitative estimate of drug-likeness (QED) is 0.0261. The summed E-state index contributed by atoms with van der Waals surface area (Å²) in [5.41, 5.74) is 0. The van der Waals surface area contributed by atoms with E-state index >= 15 is 0 Å². The van der Waals surface area contributed by atoms with Crippen LogP contribution in [0.25, 0.3) is 0 Å². The topological polar surface area (TPSA) is 78.9 Å². The molecule has 0 saturated heterocycles. The van der Waals surface area contributed by atoms with Crippen LogP contribution >= 0.6 is 0 Å². The SMILES string of the molecule is CC/C=C\C/C=C\C/C=C\C/C=C\C/C=C\C/C=C\C/C=C\C/C=C\CCCCCCCCCCC(=O)OCC(COC(=O)CCCCCCCCCCC)OC(=O)CC/C=C\C/C=C\C/C=C\C/C=C\C/C=C\C/C=C\CC. The zero-order chi connectivity index (χ0) is 57.1. The third kappa shape index (κ3) is 63.5. The van der Waals surface area contributed by atoms with Gasteiger partial charge in [-0.25, -0.2) is 0 Å². The van der Waals surface area contributed by atoms with Crippen molar-refractivity contribution in [1.29, 1.82) is 0 Å². The summed E-state index contributed by atoms with van der Waals surface area (Å²) in [5, 5.41) is 0. The lowest BCUT2D eigenvalue weighted by molar-refractivity contribution is -0.166. The molecule has 79 heavy (non-hydrogen) atoms. The van der Waals surface area contributed by atoms with Crippen molar-refractivity contribution in [3.63, 3.8) is 0 Å². The highest BCUT2D eigenvalue weighted by Gasteiger charge is 2.19. The maximum Gasteiger partial charge on any atom is 0.306 e. The van der Waals surface area contributed by atoms with Crippen molar-refractivity contribution in [1.82, 2.24) is 0 Å². The zero-order valence-electron chi connectivity index (χ0n) is 50.6. The van der Waals surface area contributed by atoms with Crippen molar-refractivity contribution in [2.45, 2.75) is 258 Å². The summed E-state index contributed by atoms with van der Waals surface area (Å²) in [6, 6.07) is 0. The van der Waals surface area contributed by atoms with Crippen LogP contribution in [0.5, 0.6) is 0 Å². The summed E-state index contributed by atoms with van der Waals surface area (Å²) in [4.78, 5) is 38.1. The van der Waals surface area contributed by atoms with Crippen molar-refractivity contribution in [2.24, 2.45) is 0 Å². The lowest BCUT2D eigenvalue weighted by Crippen LogP contribution is -2.30. The smallest absolute Gasteiger partial charge is 0.306 e. The van der Waals surface area contributed by atoms with E-state index in [0.717, 1.165) is 135 Å². The molecular formula is C73H114O6. The van der Waals surface area contributed by atoms with Crippen molar-refractivity contribution in [3.05, 3.63) is 170 Å². The van der Waals surface area contributed by atoms with Gasteiger partial charge in [-0.15, -0.1) is 0 Å². The molecule has 6 nitrogen and oxygen atoms in total. The number of rotatable bonds is 55. The highest BCUT2D eigenvalue weighted by molar-refractivity contribution is 5.71. The van der Waals surface area contributed by atoms with Gasteiger partial charge in [0.05, 0.1) is 0 Å². The molecule has 0 amide bonds. The predicted octanol–water partition coefficient (Wildman–Crippen LogP) is 21.9. The molecule has 1 atom stereocenters. The van der Waals surface area contributed by atoms with Crippen LogP contribution < -0.4 is 0 Å². The average Bonchev–Trinajstić information content (AvgIpc) is 3.45. The Morgan fingerprint density at radius 1 is 0.266 bits per heavy atom. The number of ether oxygens (including phenoxy) is 3. The molecule has 0 radical (unpaired) electrons. The second kappa shape index (κ2) is 65.3. The molecule has 0 spiro atoms. The first kappa shape index (κ1) is 73.8. The molecule has 0 aromatic carbocycles. The Balaban J connectivity index is 4.32. The normalized spacial score (nSPS) is 13.3. The monoisotopic (exact) mass is 1090 g/mol. The van der Waals surface area contributed by atoms with Gasteiger partial charge in [0.25, 0.3) is 0 Å². The molecule has 0 bridgehead atoms. The van der Waals surface area contributed by atoms with Gasteiger partial charge in [-0.3, -0.25) is 14.4 Å². The molecule has 1 unspecified atom stereocenters.